The molecule has 1 aromatic rings. The van der Waals surface area contributed by atoms with Gasteiger partial charge in [0.25, 0.3) is 0 Å². The molecule has 1 fully saturated rings. The summed E-state index contributed by atoms with van der Waals surface area (Å²) in [5.41, 5.74) is 6.51. The highest BCUT2D eigenvalue weighted by Gasteiger charge is 2.46. The number of benzene rings is 1. The van der Waals surface area contributed by atoms with Crippen molar-refractivity contribution in [2.45, 2.75) is 52.1 Å². The van der Waals surface area contributed by atoms with Crippen molar-refractivity contribution in [2.24, 2.45) is 17.1 Å². The Bertz CT molecular complexity index is 469. The molecule has 20 heavy (non-hydrogen) atoms. The Hall–Kier alpha value is -1.35. The highest BCUT2D eigenvalue weighted by atomic mass is 16.1. The molecule has 1 aliphatic carbocycles. The third kappa shape index (κ3) is 3.40. The summed E-state index contributed by atoms with van der Waals surface area (Å²) in [6, 6.07) is 10.2. The Kier molecular flexibility index (Phi) is 4.19. The first kappa shape index (κ1) is 15.0. The smallest absolute Gasteiger partial charge is 0.237 e. The van der Waals surface area contributed by atoms with Gasteiger partial charge >= 0.3 is 0 Å². The zero-order valence-corrected chi connectivity index (χ0v) is 12.8. The molecule has 3 heteroatoms. The van der Waals surface area contributed by atoms with Gasteiger partial charge in [-0.1, -0.05) is 51.1 Å². The van der Waals surface area contributed by atoms with Gasteiger partial charge in [-0.05, 0) is 36.2 Å². The maximum atomic E-state index is 12.1. The largest absolute Gasteiger partial charge is 0.368 e. The van der Waals surface area contributed by atoms with Crippen LogP contribution in [-0.4, -0.2) is 11.4 Å². The molecule has 2 atom stereocenters. The maximum absolute atomic E-state index is 12.1. The summed E-state index contributed by atoms with van der Waals surface area (Å²) >= 11 is 0. The lowest BCUT2D eigenvalue weighted by Crippen LogP contribution is -2.60. The first-order valence-electron chi connectivity index (χ1n) is 7.42. The van der Waals surface area contributed by atoms with Crippen molar-refractivity contribution in [3.8, 4) is 0 Å². The molecule has 110 valence electrons. The normalized spacial score (nSPS) is 29.1. The van der Waals surface area contributed by atoms with Crippen molar-refractivity contribution < 1.29 is 4.79 Å². The number of primary amides is 1. The predicted octanol–water partition coefficient (Wildman–Crippen LogP) is 2.85. The Morgan fingerprint density at radius 3 is 2.50 bits per heavy atom. The molecule has 1 amide bonds. The zero-order valence-electron chi connectivity index (χ0n) is 12.8. The van der Waals surface area contributed by atoms with E-state index in [0.717, 1.165) is 19.3 Å². The number of carbonyl (C=O) groups is 1. The second kappa shape index (κ2) is 5.57. The lowest BCUT2D eigenvalue weighted by Gasteiger charge is -2.46. The van der Waals surface area contributed by atoms with Gasteiger partial charge in [0.1, 0.15) is 0 Å². The van der Waals surface area contributed by atoms with E-state index in [1.54, 1.807) is 0 Å². The van der Waals surface area contributed by atoms with E-state index in [0.29, 0.717) is 12.5 Å². The number of carbonyl (C=O) groups excluding carboxylic acids is 1. The van der Waals surface area contributed by atoms with Crippen LogP contribution in [0, 0.1) is 11.3 Å². The van der Waals surface area contributed by atoms with Crippen LogP contribution in [0.1, 0.15) is 45.6 Å². The minimum atomic E-state index is -0.572. The molecule has 0 spiro atoms. The van der Waals surface area contributed by atoms with E-state index in [1.165, 1.54) is 5.56 Å². The van der Waals surface area contributed by atoms with Crippen LogP contribution in [0.3, 0.4) is 0 Å². The molecule has 0 saturated heterocycles. The molecule has 2 rings (SSSR count). The second-order valence-corrected chi connectivity index (χ2v) is 7.14. The number of hydrogen-bond acceptors (Lipinski definition) is 2. The minimum Gasteiger partial charge on any atom is -0.368 e. The lowest BCUT2D eigenvalue weighted by molar-refractivity contribution is -0.128. The quantitative estimate of drug-likeness (QED) is 0.887. The molecule has 2 unspecified atom stereocenters. The van der Waals surface area contributed by atoms with Gasteiger partial charge in [-0.25, -0.2) is 0 Å². The van der Waals surface area contributed by atoms with E-state index < -0.39 is 5.54 Å². The van der Waals surface area contributed by atoms with E-state index in [-0.39, 0.29) is 11.3 Å². The van der Waals surface area contributed by atoms with Gasteiger partial charge in [0, 0.05) is 6.54 Å². The van der Waals surface area contributed by atoms with E-state index in [4.69, 9.17) is 5.73 Å². The van der Waals surface area contributed by atoms with Crippen LogP contribution in [0.5, 0.6) is 0 Å². The van der Waals surface area contributed by atoms with E-state index >= 15 is 0 Å². The fourth-order valence-electron chi connectivity index (χ4n) is 3.85. The van der Waals surface area contributed by atoms with Crippen molar-refractivity contribution in [1.82, 2.24) is 5.32 Å². The Morgan fingerprint density at radius 1 is 1.30 bits per heavy atom. The third-order valence-corrected chi connectivity index (χ3v) is 4.32. The van der Waals surface area contributed by atoms with Crippen molar-refractivity contribution in [3.63, 3.8) is 0 Å². The van der Waals surface area contributed by atoms with Crippen molar-refractivity contribution >= 4 is 5.91 Å². The van der Waals surface area contributed by atoms with Gasteiger partial charge in [-0.2, -0.15) is 0 Å². The molecule has 0 heterocycles. The van der Waals surface area contributed by atoms with E-state index in [2.05, 4.69) is 38.2 Å². The average Bonchev–Trinajstić information content (AvgIpc) is 2.35. The summed E-state index contributed by atoms with van der Waals surface area (Å²) in [5.74, 6) is 0.294. The zero-order chi connectivity index (χ0) is 14.8. The topological polar surface area (TPSA) is 55.1 Å². The molecule has 1 aromatic carbocycles. The number of rotatable bonds is 4. The van der Waals surface area contributed by atoms with E-state index in [1.807, 2.05) is 18.2 Å². The van der Waals surface area contributed by atoms with Gasteiger partial charge in [-0.15, -0.1) is 0 Å². The Morgan fingerprint density at radius 2 is 1.95 bits per heavy atom. The molecule has 1 aliphatic rings. The summed E-state index contributed by atoms with van der Waals surface area (Å²) in [5, 5.41) is 3.46. The second-order valence-electron chi connectivity index (χ2n) is 7.14. The maximum Gasteiger partial charge on any atom is 0.237 e. The van der Waals surface area contributed by atoms with Crippen LogP contribution in [0.2, 0.25) is 0 Å². The van der Waals surface area contributed by atoms with Crippen LogP contribution >= 0.6 is 0 Å². The third-order valence-electron chi connectivity index (χ3n) is 4.32. The van der Waals surface area contributed by atoms with Gasteiger partial charge in [0.2, 0.25) is 5.91 Å². The Labute approximate surface area is 121 Å². The van der Waals surface area contributed by atoms with Gasteiger partial charge in [0.15, 0.2) is 0 Å². The van der Waals surface area contributed by atoms with Crippen LogP contribution in [0.25, 0.3) is 0 Å². The van der Waals surface area contributed by atoms with E-state index in [9.17, 15) is 4.79 Å². The molecule has 0 aromatic heterocycles. The average molecular weight is 274 g/mol. The van der Waals surface area contributed by atoms with Gasteiger partial charge in [-0.3, -0.25) is 10.1 Å². The van der Waals surface area contributed by atoms with Crippen LogP contribution < -0.4 is 11.1 Å². The fraction of sp³-hybridized carbons (Fsp3) is 0.588. The molecule has 0 radical (unpaired) electrons. The molecule has 0 aliphatic heterocycles. The fourth-order valence-corrected chi connectivity index (χ4v) is 3.85. The van der Waals surface area contributed by atoms with Crippen LogP contribution in [-0.2, 0) is 11.3 Å². The standard InChI is InChI=1S/C17H26N2O/c1-13-9-16(2,3)12-17(10-13,15(18)20)19-11-14-7-5-4-6-8-14/h4-8,13,19H,9-12H2,1-3H3,(H2,18,20). The summed E-state index contributed by atoms with van der Waals surface area (Å²) in [4.78, 5) is 12.1. The monoisotopic (exact) mass is 274 g/mol. The highest BCUT2D eigenvalue weighted by molar-refractivity contribution is 5.85. The van der Waals surface area contributed by atoms with Crippen LogP contribution in [0.4, 0.5) is 0 Å². The first-order valence-corrected chi connectivity index (χ1v) is 7.42. The first-order chi connectivity index (χ1) is 9.33. The summed E-state index contributed by atoms with van der Waals surface area (Å²) in [7, 11) is 0. The molecule has 3 nitrogen and oxygen atoms in total. The summed E-state index contributed by atoms with van der Waals surface area (Å²) in [6.45, 7) is 7.35. The number of nitrogens with two attached hydrogens (primary N) is 1. The highest BCUT2D eigenvalue weighted by Crippen LogP contribution is 2.43. The minimum absolute atomic E-state index is 0.149. The van der Waals surface area contributed by atoms with Gasteiger partial charge < -0.3 is 5.73 Å². The number of nitrogens with one attached hydrogen (secondary N) is 1. The SMILES string of the molecule is CC1CC(C)(C)CC(NCc2ccccc2)(C(N)=O)C1. The van der Waals surface area contributed by atoms with Crippen molar-refractivity contribution in [1.29, 1.82) is 0 Å². The van der Waals surface area contributed by atoms with Crippen molar-refractivity contribution in [3.05, 3.63) is 35.9 Å². The summed E-state index contributed by atoms with van der Waals surface area (Å²) < 4.78 is 0. The molecular formula is C17H26N2O. The molecule has 1 saturated carbocycles. The molecule has 0 bridgehead atoms. The molecule has 3 N–H and O–H groups in total. The van der Waals surface area contributed by atoms with Crippen LogP contribution in [0.15, 0.2) is 30.3 Å². The Balaban J connectivity index is 2.15. The summed E-state index contributed by atoms with van der Waals surface area (Å²) in [6.07, 6.45) is 2.79. The predicted molar refractivity (Wildman–Crippen MR) is 82.0 cm³/mol. The molecular weight excluding hydrogens is 248 g/mol. The van der Waals surface area contributed by atoms with Crippen molar-refractivity contribution in [2.75, 3.05) is 0 Å². The number of hydrogen-bond donors (Lipinski definition) is 2. The number of amides is 1. The lowest BCUT2D eigenvalue weighted by atomic mass is 9.64. The van der Waals surface area contributed by atoms with Gasteiger partial charge in [0.05, 0.1) is 5.54 Å².